The quantitative estimate of drug-likeness (QED) is 0.880. The molecule has 114 valence electrons. The summed E-state index contributed by atoms with van der Waals surface area (Å²) in [6.07, 6.45) is 6.86. The van der Waals surface area contributed by atoms with Crippen LogP contribution in [0.25, 0.3) is 10.9 Å². The predicted molar refractivity (Wildman–Crippen MR) is 85.3 cm³/mol. The van der Waals surface area contributed by atoms with E-state index in [1.165, 1.54) is 0 Å². The molecule has 1 aliphatic carbocycles. The normalized spacial score (nSPS) is 17.0. The summed E-state index contributed by atoms with van der Waals surface area (Å²) < 4.78 is 0. The smallest absolute Gasteiger partial charge is 0.258 e. The van der Waals surface area contributed by atoms with Gasteiger partial charge in [-0.15, -0.1) is 0 Å². The fourth-order valence-corrected chi connectivity index (χ4v) is 2.77. The number of carbonyl (C=O) groups excluding carboxylic acids is 1. The number of H-pyrrole nitrogens is 1. The van der Waals surface area contributed by atoms with Gasteiger partial charge in [-0.25, -0.2) is 4.98 Å². The fraction of sp³-hybridized carbons (Fsp3) is 0.353. The Morgan fingerprint density at radius 1 is 1.41 bits per heavy atom. The first-order chi connectivity index (χ1) is 10.6. The summed E-state index contributed by atoms with van der Waals surface area (Å²) in [7, 11) is 1.75. The van der Waals surface area contributed by atoms with Crippen LogP contribution >= 0.6 is 0 Å². The van der Waals surface area contributed by atoms with Crippen LogP contribution in [0.15, 0.2) is 41.2 Å². The molecule has 0 radical (unpaired) electrons. The van der Waals surface area contributed by atoms with Crippen molar-refractivity contribution in [2.75, 3.05) is 7.05 Å². The number of para-hydroxylation sites is 1. The third-order valence-corrected chi connectivity index (χ3v) is 4.02. The molecular weight excluding hydrogens is 278 g/mol. The van der Waals surface area contributed by atoms with Crippen molar-refractivity contribution in [1.82, 2.24) is 14.9 Å². The Bertz CT molecular complexity index is 779. The van der Waals surface area contributed by atoms with Crippen molar-refractivity contribution >= 4 is 16.8 Å². The zero-order valence-corrected chi connectivity index (χ0v) is 12.6. The molecule has 1 heterocycles. The molecule has 3 rings (SSSR count). The van der Waals surface area contributed by atoms with Crippen molar-refractivity contribution in [2.24, 2.45) is 5.92 Å². The average molecular weight is 297 g/mol. The predicted octanol–water partition coefficient (Wildman–Crippen LogP) is 2.24. The SMILES string of the molecule is CN(Cc1nc2ccccc2c(=O)[nH]1)C(=O)CC1C=CCC1. The molecule has 22 heavy (non-hydrogen) atoms. The van der Waals surface area contributed by atoms with Gasteiger partial charge in [0, 0.05) is 13.5 Å². The third kappa shape index (κ3) is 3.08. The molecule has 1 amide bonds. The van der Waals surface area contributed by atoms with E-state index in [1.54, 1.807) is 24.1 Å². The number of aromatic nitrogens is 2. The van der Waals surface area contributed by atoms with Gasteiger partial charge in [0.2, 0.25) is 5.91 Å². The van der Waals surface area contributed by atoms with E-state index < -0.39 is 0 Å². The Labute approximate surface area is 128 Å². The second kappa shape index (κ2) is 6.13. The number of hydrogen-bond acceptors (Lipinski definition) is 3. The highest BCUT2D eigenvalue weighted by molar-refractivity contribution is 5.78. The van der Waals surface area contributed by atoms with E-state index >= 15 is 0 Å². The van der Waals surface area contributed by atoms with Gasteiger partial charge in [-0.05, 0) is 30.9 Å². The largest absolute Gasteiger partial charge is 0.338 e. The van der Waals surface area contributed by atoms with Gasteiger partial charge in [-0.3, -0.25) is 9.59 Å². The summed E-state index contributed by atoms with van der Waals surface area (Å²) in [5.41, 5.74) is 0.487. The molecule has 0 bridgehead atoms. The Hall–Kier alpha value is -2.43. The number of benzene rings is 1. The first-order valence-electron chi connectivity index (χ1n) is 7.52. The maximum Gasteiger partial charge on any atom is 0.258 e. The van der Waals surface area contributed by atoms with Gasteiger partial charge in [0.1, 0.15) is 5.82 Å². The van der Waals surface area contributed by atoms with E-state index in [9.17, 15) is 9.59 Å². The summed E-state index contributed by atoms with van der Waals surface area (Å²) in [6.45, 7) is 0.315. The fourth-order valence-electron chi connectivity index (χ4n) is 2.77. The van der Waals surface area contributed by atoms with Crippen LogP contribution < -0.4 is 5.56 Å². The highest BCUT2D eigenvalue weighted by atomic mass is 16.2. The number of nitrogens with one attached hydrogen (secondary N) is 1. The maximum absolute atomic E-state index is 12.2. The van der Waals surface area contributed by atoms with Gasteiger partial charge >= 0.3 is 0 Å². The minimum Gasteiger partial charge on any atom is -0.338 e. The van der Waals surface area contributed by atoms with Crippen molar-refractivity contribution < 1.29 is 4.79 Å². The maximum atomic E-state index is 12.2. The number of nitrogens with zero attached hydrogens (tertiary/aromatic N) is 2. The number of allylic oxidation sites excluding steroid dienone is 2. The van der Waals surface area contributed by atoms with Crippen molar-refractivity contribution in [3.8, 4) is 0 Å². The lowest BCUT2D eigenvalue weighted by molar-refractivity contribution is -0.131. The van der Waals surface area contributed by atoms with Gasteiger partial charge in [-0.1, -0.05) is 24.3 Å². The number of rotatable bonds is 4. The van der Waals surface area contributed by atoms with Crippen LogP contribution in [0.1, 0.15) is 25.1 Å². The van der Waals surface area contributed by atoms with Crippen LogP contribution in [0.5, 0.6) is 0 Å². The molecule has 1 N–H and O–H groups in total. The summed E-state index contributed by atoms with van der Waals surface area (Å²) in [6, 6.07) is 7.20. The van der Waals surface area contributed by atoms with E-state index in [-0.39, 0.29) is 11.5 Å². The van der Waals surface area contributed by atoms with Gasteiger partial charge in [0.15, 0.2) is 0 Å². The molecule has 0 spiro atoms. The second-order valence-electron chi connectivity index (χ2n) is 5.75. The number of hydrogen-bond donors (Lipinski definition) is 1. The Morgan fingerprint density at radius 2 is 2.23 bits per heavy atom. The Morgan fingerprint density at radius 3 is 3.00 bits per heavy atom. The van der Waals surface area contributed by atoms with E-state index in [0.29, 0.717) is 35.6 Å². The Balaban J connectivity index is 1.73. The highest BCUT2D eigenvalue weighted by Gasteiger charge is 2.17. The minimum absolute atomic E-state index is 0.0763. The van der Waals surface area contributed by atoms with Crippen LogP contribution in [0.4, 0.5) is 0 Å². The van der Waals surface area contributed by atoms with Gasteiger partial charge in [0.05, 0.1) is 17.4 Å². The molecule has 0 aliphatic heterocycles. The second-order valence-corrected chi connectivity index (χ2v) is 5.75. The van der Waals surface area contributed by atoms with Gasteiger partial charge in [-0.2, -0.15) is 0 Å². The van der Waals surface area contributed by atoms with E-state index in [4.69, 9.17) is 0 Å². The van der Waals surface area contributed by atoms with Crippen molar-refractivity contribution in [1.29, 1.82) is 0 Å². The molecule has 5 nitrogen and oxygen atoms in total. The molecule has 1 unspecified atom stereocenters. The highest BCUT2D eigenvalue weighted by Crippen LogP contribution is 2.21. The topological polar surface area (TPSA) is 66.1 Å². The van der Waals surface area contributed by atoms with Crippen LogP contribution in [0.2, 0.25) is 0 Å². The molecule has 1 atom stereocenters. The van der Waals surface area contributed by atoms with E-state index in [0.717, 1.165) is 12.8 Å². The molecule has 0 saturated carbocycles. The van der Waals surface area contributed by atoms with Crippen LogP contribution in [0, 0.1) is 5.92 Å². The first-order valence-corrected chi connectivity index (χ1v) is 7.52. The Kier molecular flexibility index (Phi) is 4.04. The zero-order chi connectivity index (χ0) is 15.5. The third-order valence-electron chi connectivity index (χ3n) is 4.02. The van der Waals surface area contributed by atoms with Crippen molar-refractivity contribution in [3.05, 3.63) is 52.6 Å². The van der Waals surface area contributed by atoms with Crippen molar-refractivity contribution in [2.45, 2.75) is 25.8 Å². The summed E-state index contributed by atoms with van der Waals surface area (Å²) in [5.74, 6) is 0.937. The monoisotopic (exact) mass is 297 g/mol. The zero-order valence-electron chi connectivity index (χ0n) is 12.6. The number of fused-ring (bicyclic) bond motifs is 1. The van der Waals surface area contributed by atoms with E-state index in [2.05, 4.69) is 22.1 Å². The van der Waals surface area contributed by atoms with Crippen molar-refractivity contribution in [3.63, 3.8) is 0 Å². The van der Waals surface area contributed by atoms with Crippen LogP contribution in [-0.4, -0.2) is 27.8 Å². The molecular formula is C17H19N3O2. The molecule has 1 aromatic carbocycles. The molecule has 1 aromatic heterocycles. The minimum atomic E-state index is -0.167. The summed E-state index contributed by atoms with van der Waals surface area (Å²) in [4.78, 5) is 33.1. The molecule has 0 saturated heterocycles. The molecule has 1 aliphatic rings. The number of amides is 1. The number of carbonyl (C=O) groups is 1. The lowest BCUT2D eigenvalue weighted by Crippen LogP contribution is -2.29. The first kappa shape index (κ1) is 14.5. The van der Waals surface area contributed by atoms with Crippen LogP contribution in [0.3, 0.4) is 0 Å². The lowest BCUT2D eigenvalue weighted by Gasteiger charge is -2.18. The standard InChI is InChI=1S/C17H19N3O2/c1-20(16(21)10-12-6-2-3-7-12)11-15-18-14-9-5-4-8-13(14)17(22)19-15/h2,4-6,8-9,12H,3,7,10-11H2,1H3,(H,18,19,22). The lowest BCUT2D eigenvalue weighted by atomic mass is 10.0. The van der Waals surface area contributed by atoms with E-state index in [1.807, 2.05) is 12.1 Å². The average Bonchev–Trinajstić information content (AvgIpc) is 3.00. The summed E-state index contributed by atoms with van der Waals surface area (Å²) >= 11 is 0. The molecule has 2 aromatic rings. The molecule has 5 heteroatoms. The number of aromatic amines is 1. The van der Waals surface area contributed by atoms with Gasteiger partial charge in [0.25, 0.3) is 5.56 Å². The van der Waals surface area contributed by atoms with Gasteiger partial charge < -0.3 is 9.88 Å². The molecule has 0 fully saturated rings. The summed E-state index contributed by atoms with van der Waals surface area (Å²) in [5, 5.41) is 0.566. The van der Waals surface area contributed by atoms with Crippen LogP contribution in [-0.2, 0) is 11.3 Å².